The van der Waals surface area contributed by atoms with Gasteiger partial charge in [-0.3, -0.25) is 23.4 Å². The number of H-pyrrole nitrogens is 1. The number of rotatable bonds is 8. The van der Waals surface area contributed by atoms with Gasteiger partial charge >= 0.3 is 15.6 Å². The van der Waals surface area contributed by atoms with Crippen molar-refractivity contribution in [2.24, 2.45) is 0 Å². The first-order chi connectivity index (χ1) is 17.9. The number of aliphatic hydroxyl groups excluding tert-OH is 4. The van der Waals surface area contributed by atoms with Crippen LogP contribution in [-0.2, 0) is 32.0 Å². The SMILES string of the molecule is C[C@H]1O[C@@H](OP(=O)(O)OP(=O)(O)OC[C@@H]2O[C@@H](n3cnc4c(=O)[nH]c(N)nc43)[C@@H](O)[C@H]2O)[C@@H](O)[C@@H](O)C1(O)O. The van der Waals surface area contributed by atoms with Gasteiger partial charge in [-0.25, -0.2) is 14.1 Å². The Morgan fingerprint density at radius 3 is 2.46 bits per heavy atom. The highest BCUT2D eigenvalue weighted by Crippen LogP contribution is 2.61. The summed E-state index contributed by atoms with van der Waals surface area (Å²) in [5.74, 6) is -3.24. The minimum Gasteiger partial charge on any atom is -0.387 e. The molecule has 21 nitrogen and oxygen atoms in total. The van der Waals surface area contributed by atoms with Crippen LogP contribution in [0.2, 0.25) is 0 Å². The molecule has 4 rings (SSSR count). The monoisotopic (exact) mass is 605 g/mol. The number of nitrogens with two attached hydrogens (primary N) is 1. The molecule has 2 aromatic rings. The van der Waals surface area contributed by atoms with Crippen LogP contribution in [0.15, 0.2) is 11.1 Å². The number of nitrogens with one attached hydrogen (secondary N) is 1. The summed E-state index contributed by atoms with van der Waals surface area (Å²) in [5, 5.41) is 59.7. The molecule has 0 aliphatic carbocycles. The van der Waals surface area contributed by atoms with Gasteiger partial charge in [0.05, 0.1) is 12.9 Å². The molecule has 2 aliphatic rings. The predicted octanol–water partition coefficient (Wildman–Crippen LogP) is -4.28. The van der Waals surface area contributed by atoms with Gasteiger partial charge in [-0.1, -0.05) is 0 Å². The summed E-state index contributed by atoms with van der Waals surface area (Å²) in [5.41, 5.74) is 4.54. The summed E-state index contributed by atoms with van der Waals surface area (Å²) in [6.45, 7) is 0.0139. The number of anilines is 1. The van der Waals surface area contributed by atoms with Crippen molar-refractivity contribution < 1.29 is 72.4 Å². The van der Waals surface area contributed by atoms with Gasteiger partial charge in [-0.05, 0) is 6.92 Å². The van der Waals surface area contributed by atoms with E-state index < -0.39 is 82.7 Å². The standard InChI is InChI=1S/C16H25N5O16P2/c1-4-16(27,28)10(25)9(24)14(34-4)36-39(31,32)37-38(29,30)33-2-5-7(22)8(23)13(35-5)21-3-18-6-11(21)19-15(17)20-12(6)26/h3-5,7-10,13-14,22-25,27-28H,2H2,1H3,(H,29,30)(H,31,32)(H3,17,19,20,26)/t4-,5+,7+,8+,9+,10-,13-,14+/m1/s1. The maximum atomic E-state index is 12.3. The number of fused-ring (bicyclic) bond motifs is 1. The average molecular weight is 605 g/mol. The van der Waals surface area contributed by atoms with Crippen LogP contribution in [0.25, 0.3) is 11.2 Å². The first-order valence-electron chi connectivity index (χ1n) is 10.8. The molecule has 11 N–H and O–H groups in total. The van der Waals surface area contributed by atoms with Gasteiger partial charge in [0.1, 0.15) is 36.6 Å². The topological polar surface area (TPSA) is 332 Å². The van der Waals surface area contributed by atoms with Gasteiger partial charge < -0.3 is 55.6 Å². The Hall–Kier alpha value is -1.91. The van der Waals surface area contributed by atoms with Crippen LogP contribution in [0.1, 0.15) is 13.2 Å². The molecule has 0 aromatic carbocycles. The van der Waals surface area contributed by atoms with Crippen LogP contribution in [-0.4, -0.2) is 115 Å². The maximum absolute atomic E-state index is 12.3. The third-order valence-corrected chi connectivity index (χ3v) is 8.48. The second-order valence-electron chi connectivity index (χ2n) is 8.61. The van der Waals surface area contributed by atoms with E-state index >= 15 is 0 Å². The van der Waals surface area contributed by atoms with Crippen LogP contribution in [0.4, 0.5) is 5.95 Å². The highest BCUT2D eigenvalue weighted by molar-refractivity contribution is 7.61. The van der Waals surface area contributed by atoms with Crippen molar-refractivity contribution in [3.63, 3.8) is 0 Å². The third kappa shape index (κ3) is 5.93. The first kappa shape index (κ1) is 30.1. The minimum atomic E-state index is -5.61. The molecule has 10 atom stereocenters. The van der Waals surface area contributed by atoms with E-state index in [0.717, 1.165) is 17.8 Å². The number of phosphoric acid groups is 2. The lowest BCUT2D eigenvalue weighted by atomic mass is 9.96. The third-order valence-electron chi connectivity index (χ3n) is 5.88. The van der Waals surface area contributed by atoms with E-state index in [4.69, 9.17) is 15.2 Å². The number of aromatic amines is 1. The molecule has 4 heterocycles. The van der Waals surface area contributed by atoms with Crippen molar-refractivity contribution in [3.05, 3.63) is 16.7 Å². The number of aromatic nitrogens is 4. The lowest BCUT2D eigenvalue weighted by molar-refractivity contribution is -0.369. The molecule has 0 saturated carbocycles. The average Bonchev–Trinajstić information content (AvgIpc) is 3.35. The molecule has 0 amide bonds. The van der Waals surface area contributed by atoms with Gasteiger partial charge in [0.25, 0.3) is 5.56 Å². The zero-order valence-corrected chi connectivity index (χ0v) is 21.3. The Morgan fingerprint density at radius 1 is 1.13 bits per heavy atom. The quantitative estimate of drug-likeness (QED) is 0.100. The fourth-order valence-electron chi connectivity index (χ4n) is 3.81. The molecule has 2 fully saturated rings. The Kier molecular flexibility index (Phi) is 8.08. The van der Waals surface area contributed by atoms with Gasteiger partial charge in [0.15, 0.2) is 23.7 Å². The number of ether oxygens (including phenoxy) is 2. The molecule has 2 aliphatic heterocycles. The summed E-state index contributed by atoms with van der Waals surface area (Å²) in [6, 6.07) is 0. The number of hydrogen-bond acceptors (Lipinski definition) is 17. The van der Waals surface area contributed by atoms with Crippen molar-refractivity contribution in [2.75, 3.05) is 12.3 Å². The van der Waals surface area contributed by atoms with Crippen LogP contribution >= 0.6 is 15.6 Å². The van der Waals surface area contributed by atoms with E-state index in [-0.39, 0.29) is 17.1 Å². The number of nitrogen functional groups attached to an aromatic ring is 1. The van der Waals surface area contributed by atoms with Crippen molar-refractivity contribution in [1.29, 1.82) is 0 Å². The summed E-state index contributed by atoms with van der Waals surface area (Å²) in [7, 11) is -11.1. The molecule has 2 aromatic heterocycles. The molecule has 23 heteroatoms. The van der Waals surface area contributed by atoms with Gasteiger partial charge in [-0.2, -0.15) is 9.29 Å². The van der Waals surface area contributed by atoms with Gasteiger partial charge in [0, 0.05) is 0 Å². The molecular formula is C16H25N5O16P2. The van der Waals surface area contributed by atoms with E-state index in [9.17, 15) is 54.4 Å². The van der Waals surface area contributed by atoms with Crippen LogP contribution in [0.3, 0.4) is 0 Å². The summed E-state index contributed by atoms with van der Waals surface area (Å²) in [6.07, 6.45) is -13.9. The molecule has 2 unspecified atom stereocenters. The Morgan fingerprint density at radius 2 is 1.79 bits per heavy atom. The number of hydrogen-bond donors (Lipinski definition) is 10. The second kappa shape index (κ2) is 10.5. The summed E-state index contributed by atoms with van der Waals surface area (Å²) in [4.78, 5) is 41.6. The van der Waals surface area contributed by atoms with E-state index in [1.54, 1.807) is 0 Å². The van der Waals surface area contributed by atoms with Gasteiger partial charge in [-0.15, -0.1) is 0 Å². The van der Waals surface area contributed by atoms with E-state index in [0.29, 0.717) is 0 Å². The van der Waals surface area contributed by atoms with Crippen molar-refractivity contribution in [2.45, 2.75) is 61.9 Å². The maximum Gasteiger partial charge on any atom is 0.483 e. The number of nitrogens with zero attached hydrogens (tertiary/aromatic N) is 3. The smallest absolute Gasteiger partial charge is 0.387 e. The predicted molar refractivity (Wildman–Crippen MR) is 120 cm³/mol. The highest BCUT2D eigenvalue weighted by Gasteiger charge is 2.55. The Labute approximate surface area is 216 Å². The Bertz CT molecular complexity index is 1370. The number of imidazole rings is 1. The lowest BCUT2D eigenvalue weighted by Crippen LogP contribution is -2.65. The fraction of sp³-hybridized carbons (Fsp3) is 0.688. The molecule has 0 radical (unpaired) electrons. The summed E-state index contributed by atoms with van der Waals surface area (Å²) < 4.78 is 49.0. The minimum absolute atomic E-state index is 0.116. The van der Waals surface area contributed by atoms with Crippen LogP contribution in [0, 0.1) is 0 Å². The van der Waals surface area contributed by atoms with Crippen LogP contribution in [0.5, 0.6) is 0 Å². The van der Waals surface area contributed by atoms with Crippen molar-refractivity contribution >= 4 is 32.8 Å². The van der Waals surface area contributed by atoms with Crippen molar-refractivity contribution in [3.8, 4) is 0 Å². The normalized spacial score (nSPS) is 36.0. The summed E-state index contributed by atoms with van der Waals surface area (Å²) >= 11 is 0. The molecule has 0 bridgehead atoms. The van der Waals surface area contributed by atoms with E-state index in [2.05, 4.69) is 28.3 Å². The largest absolute Gasteiger partial charge is 0.483 e. The lowest BCUT2D eigenvalue weighted by Gasteiger charge is -2.43. The number of aliphatic hydroxyl groups is 6. The van der Waals surface area contributed by atoms with E-state index in [1.807, 2.05) is 0 Å². The molecular weight excluding hydrogens is 580 g/mol. The first-order valence-corrected chi connectivity index (χ1v) is 13.8. The fourth-order valence-corrected chi connectivity index (χ4v) is 5.97. The second-order valence-corrected chi connectivity index (χ2v) is 11.6. The van der Waals surface area contributed by atoms with E-state index in [1.165, 1.54) is 0 Å². The van der Waals surface area contributed by atoms with Crippen LogP contribution < -0.4 is 11.3 Å². The zero-order valence-electron chi connectivity index (χ0n) is 19.6. The molecule has 0 spiro atoms. The molecule has 39 heavy (non-hydrogen) atoms. The highest BCUT2D eigenvalue weighted by atomic mass is 31.3. The number of phosphoric ester groups is 2. The zero-order chi connectivity index (χ0) is 29.1. The molecule has 2 saturated heterocycles. The van der Waals surface area contributed by atoms with Gasteiger partial charge in [0.2, 0.25) is 11.7 Å². The Balaban J connectivity index is 1.40. The van der Waals surface area contributed by atoms with Crippen molar-refractivity contribution in [1.82, 2.24) is 19.5 Å². The molecule has 220 valence electrons.